The largest absolute Gasteiger partial charge is 0.465 e. The van der Waals surface area contributed by atoms with Gasteiger partial charge < -0.3 is 4.74 Å². The third kappa shape index (κ3) is 3.76. The number of para-hydroxylation sites is 1. The fraction of sp³-hybridized carbons (Fsp3) is 0.154. The molecule has 2 heterocycles. The van der Waals surface area contributed by atoms with E-state index in [1.54, 1.807) is 16.7 Å². The molecule has 2 aromatic heterocycles. The highest BCUT2D eigenvalue weighted by Gasteiger charge is 2.19. The van der Waals surface area contributed by atoms with Gasteiger partial charge in [-0.05, 0) is 55.3 Å². The molecule has 0 atom stereocenters. The molecule has 0 amide bonds. The first-order valence-corrected chi connectivity index (χ1v) is 11.7. The number of aromatic nitrogens is 4. The normalized spacial score (nSPS) is 11.3. The minimum atomic E-state index is -0.363. The summed E-state index contributed by atoms with van der Waals surface area (Å²) in [4.78, 5) is 25.2. The number of rotatable bonds is 5. The Bertz CT molecular complexity index is 1600. The van der Waals surface area contributed by atoms with Crippen molar-refractivity contribution < 1.29 is 9.53 Å². The molecular formula is C26H22N4O3S. The van der Waals surface area contributed by atoms with E-state index in [0.29, 0.717) is 27.6 Å². The van der Waals surface area contributed by atoms with Crippen molar-refractivity contribution in [2.45, 2.75) is 24.8 Å². The Kier molecular flexibility index (Phi) is 5.67. The van der Waals surface area contributed by atoms with Crippen LogP contribution >= 0.6 is 11.8 Å². The van der Waals surface area contributed by atoms with E-state index in [2.05, 4.69) is 16.3 Å². The van der Waals surface area contributed by atoms with Crippen LogP contribution in [0.15, 0.2) is 76.7 Å². The molecule has 0 saturated heterocycles. The highest BCUT2D eigenvalue weighted by atomic mass is 32.2. The van der Waals surface area contributed by atoms with Gasteiger partial charge in [-0.15, -0.1) is 10.2 Å². The summed E-state index contributed by atoms with van der Waals surface area (Å²) in [5, 5.41) is 10.1. The van der Waals surface area contributed by atoms with E-state index in [1.165, 1.54) is 18.9 Å². The average molecular weight is 471 g/mol. The summed E-state index contributed by atoms with van der Waals surface area (Å²) >= 11 is 1.52. The van der Waals surface area contributed by atoms with E-state index < -0.39 is 0 Å². The molecule has 0 N–H and O–H groups in total. The van der Waals surface area contributed by atoms with Crippen LogP contribution in [0.3, 0.4) is 0 Å². The molecule has 0 aliphatic rings. The fourth-order valence-corrected chi connectivity index (χ4v) is 4.94. The first-order valence-electron chi connectivity index (χ1n) is 10.7. The van der Waals surface area contributed by atoms with Crippen LogP contribution < -0.4 is 5.56 Å². The van der Waals surface area contributed by atoms with Crippen molar-refractivity contribution in [1.82, 2.24) is 19.2 Å². The molecule has 7 nitrogen and oxygen atoms in total. The molecule has 0 aliphatic carbocycles. The fourth-order valence-electron chi connectivity index (χ4n) is 4.05. The SMILES string of the molecule is COC(=O)c1ccc(CSc2nnc3n(-c4ccc(C)cc4C)c(=O)c4ccccc4n23)cc1. The molecule has 0 aliphatic heterocycles. The Morgan fingerprint density at radius 1 is 1.00 bits per heavy atom. The number of methoxy groups -OCH3 is 1. The number of fused-ring (bicyclic) bond motifs is 3. The van der Waals surface area contributed by atoms with Gasteiger partial charge >= 0.3 is 5.97 Å². The summed E-state index contributed by atoms with van der Waals surface area (Å²) < 4.78 is 8.33. The third-order valence-corrected chi connectivity index (χ3v) is 6.73. The lowest BCUT2D eigenvalue weighted by Gasteiger charge is -2.13. The van der Waals surface area contributed by atoms with Crippen LogP contribution in [0.4, 0.5) is 0 Å². The number of nitrogens with zero attached hydrogens (tertiary/aromatic N) is 4. The van der Waals surface area contributed by atoms with E-state index in [1.807, 2.05) is 66.8 Å². The van der Waals surface area contributed by atoms with Crippen LogP contribution in [0.2, 0.25) is 0 Å². The van der Waals surface area contributed by atoms with Gasteiger partial charge in [-0.25, -0.2) is 9.36 Å². The standard InChI is InChI=1S/C26H22N4O3S/c1-16-8-13-21(17(2)14-16)29-23(31)20-6-4-5-7-22(20)30-25(29)27-28-26(30)34-15-18-9-11-19(12-10-18)24(32)33-3/h4-14H,15H2,1-3H3. The van der Waals surface area contributed by atoms with E-state index in [4.69, 9.17) is 4.74 Å². The number of hydrogen-bond donors (Lipinski definition) is 0. The van der Waals surface area contributed by atoms with E-state index in [-0.39, 0.29) is 11.5 Å². The van der Waals surface area contributed by atoms with Crippen LogP contribution in [-0.2, 0) is 10.5 Å². The molecule has 0 saturated carbocycles. The predicted molar refractivity (Wildman–Crippen MR) is 133 cm³/mol. The molecule has 5 aromatic rings. The first kappa shape index (κ1) is 21.9. The molecule has 0 radical (unpaired) electrons. The van der Waals surface area contributed by atoms with Gasteiger partial charge in [0.05, 0.1) is 29.3 Å². The van der Waals surface area contributed by atoms with Crippen LogP contribution in [0.5, 0.6) is 0 Å². The zero-order chi connectivity index (χ0) is 23.8. The number of carbonyl (C=O) groups is 1. The van der Waals surface area contributed by atoms with Crippen LogP contribution in [-0.4, -0.2) is 32.2 Å². The lowest BCUT2D eigenvalue weighted by molar-refractivity contribution is 0.0600. The second-order valence-electron chi connectivity index (χ2n) is 8.04. The maximum atomic E-state index is 13.5. The number of aryl methyl sites for hydroxylation is 2. The minimum Gasteiger partial charge on any atom is -0.465 e. The molecule has 0 bridgehead atoms. The van der Waals surface area contributed by atoms with Crippen molar-refractivity contribution in [3.05, 3.63) is 99.3 Å². The smallest absolute Gasteiger partial charge is 0.337 e. The minimum absolute atomic E-state index is 0.127. The first-order chi connectivity index (χ1) is 16.5. The van der Waals surface area contributed by atoms with Gasteiger partial charge in [0, 0.05) is 5.75 Å². The maximum Gasteiger partial charge on any atom is 0.337 e. The van der Waals surface area contributed by atoms with Gasteiger partial charge in [-0.2, -0.15) is 0 Å². The Balaban J connectivity index is 1.61. The van der Waals surface area contributed by atoms with Crippen LogP contribution in [0, 0.1) is 13.8 Å². The third-order valence-electron chi connectivity index (χ3n) is 5.73. The van der Waals surface area contributed by atoms with Gasteiger partial charge in [-0.1, -0.05) is 53.7 Å². The van der Waals surface area contributed by atoms with Crippen molar-refractivity contribution in [3.63, 3.8) is 0 Å². The summed E-state index contributed by atoms with van der Waals surface area (Å²) in [7, 11) is 1.37. The molecule has 0 spiro atoms. The molecule has 0 unspecified atom stereocenters. The molecule has 5 rings (SSSR count). The number of ether oxygens (including phenoxy) is 1. The molecular weight excluding hydrogens is 448 g/mol. The molecule has 3 aromatic carbocycles. The summed E-state index contributed by atoms with van der Waals surface area (Å²) in [5.41, 5.74) is 5.07. The Labute approximate surface area is 200 Å². The summed E-state index contributed by atoms with van der Waals surface area (Å²) in [6.45, 7) is 4.02. The monoisotopic (exact) mass is 470 g/mol. The van der Waals surface area contributed by atoms with Gasteiger partial charge in [0.2, 0.25) is 5.78 Å². The quantitative estimate of drug-likeness (QED) is 0.273. The van der Waals surface area contributed by atoms with E-state index in [0.717, 1.165) is 27.9 Å². The zero-order valence-corrected chi connectivity index (χ0v) is 19.8. The topological polar surface area (TPSA) is 78.5 Å². The summed E-state index contributed by atoms with van der Waals surface area (Å²) in [6.07, 6.45) is 0. The van der Waals surface area contributed by atoms with E-state index >= 15 is 0 Å². The second kappa shape index (κ2) is 8.79. The number of esters is 1. The van der Waals surface area contributed by atoms with Crippen LogP contribution in [0.25, 0.3) is 22.4 Å². The van der Waals surface area contributed by atoms with Crippen molar-refractivity contribution in [2.24, 2.45) is 0 Å². The number of carbonyl (C=O) groups excluding carboxylic acids is 1. The Hall–Kier alpha value is -3.91. The predicted octanol–water partition coefficient (Wildman–Crippen LogP) is 4.73. The lowest BCUT2D eigenvalue weighted by atomic mass is 10.1. The number of thioether (sulfide) groups is 1. The zero-order valence-electron chi connectivity index (χ0n) is 19.0. The number of hydrogen-bond acceptors (Lipinski definition) is 6. The highest BCUT2D eigenvalue weighted by molar-refractivity contribution is 7.98. The summed E-state index contributed by atoms with van der Waals surface area (Å²) in [6, 6.07) is 20.8. The molecule has 0 fully saturated rings. The number of benzene rings is 3. The van der Waals surface area contributed by atoms with Gasteiger partial charge in [0.15, 0.2) is 5.16 Å². The lowest BCUT2D eigenvalue weighted by Crippen LogP contribution is -2.22. The maximum absolute atomic E-state index is 13.5. The highest BCUT2D eigenvalue weighted by Crippen LogP contribution is 2.26. The molecule has 8 heteroatoms. The molecule has 34 heavy (non-hydrogen) atoms. The van der Waals surface area contributed by atoms with Crippen molar-refractivity contribution in [1.29, 1.82) is 0 Å². The summed E-state index contributed by atoms with van der Waals surface area (Å²) in [5.74, 6) is 0.733. The Morgan fingerprint density at radius 2 is 1.76 bits per heavy atom. The van der Waals surface area contributed by atoms with Crippen LogP contribution in [0.1, 0.15) is 27.0 Å². The average Bonchev–Trinajstić information content (AvgIpc) is 3.27. The second-order valence-corrected chi connectivity index (χ2v) is 8.99. The van der Waals surface area contributed by atoms with Gasteiger partial charge in [0.25, 0.3) is 5.56 Å². The van der Waals surface area contributed by atoms with E-state index in [9.17, 15) is 9.59 Å². The molecule has 170 valence electrons. The van der Waals surface area contributed by atoms with Crippen molar-refractivity contribution in [2.75, 3.05) is 7.11 Å². The van der Waals surface area contributed by atoms with Crippen molar-refractivity contribution >= 4 is 34.4 Å². The Morgan fingerprint density at radius 3 is 2.50 bits per heavy atom. The van der Waals surface area contributed by atoms with Gasteiger partial charge in [0.1, 0.15) is 0 Å². The van der Waals surface area contributed by atoms with Gasteiger partial charge in [-0.3, -0.25) is 9.20 Å². The van der Waals surface area contributed by atoms with Crippen molar-refractivity contribution in [3.8, 4) is 5.69 Å².